The first-order valence-corrected chi connectivity index (χ1v) is 3.04. The largest absolute Gasteiger partial charge is 0.0853 e. The van der Waals surface area contributed by atoms with Gasteiger partial charge >= 0.3 is 0 Å². The zero-order valence-electron chi connectivity index (χ0n) is 4.90. The number of hydrogen-bond donors (Lipinski definition) is 0. The lowest BCUT2D eigenvalue weighted by Crippen LogP contribution is -1.66. The highest BCUT2D eigenvalue weighted by atomic mass is 32.1. The molecule has 0 heterocycles. The standard InChI is InChI=1S/C6H11S/c1-3-5-6(7)4-2/h4H,3,5H2,1-2H3. The minimum atomic E-state index is 1.08. The quantitative estimate of drug-likeness (QED) is 0.519. The maximum atomic E-state index is 4.90. The highest BCUT2D eigenvalue weighted by molar-refractivity contribution is 7.84. The van der Waals surface area contributed by atoms with E-state index in [0.717, 1.165) is 11.3 Å². The third-order valence-corrected chi connectivity index (χ3v) is 1.26. The van der Waals surface area contributed by atoms with E-state index in [2.05, 4.69) is 6.92 Å². The zero-order valence-corrected chi connectivity index (χ0v) is 5.72. The summed E-state index contributed by atoms with van der Waals surface area (Å²) in [6.07, 6.45) is 4.23. The van der Waals surface area contributed by atoms with E-state index in [4.69, 9.17) is 12.6 Å². The molecular formula is C6H11S. The minimum absolute atomic E-state index is 1.08. The molecule has 0 aliphatic rings. The third kappa shape index (κ3) is 3.80. The van der Waals surface area contributed by atoms with Crippen molar-refractivity contribution in [1.82, 2.24) is 0 Å². The van der Waals surface area contributed by atoms with Crippen LogP contribution in [0.5, 0.6) is 0 Å². The Hall–Kier alpha value is -0.0400. The van der Waals surface area contributed by atoms with Crippen LogP contribution in [0, 0.1) is 0 Å². The number of rotatable bonds is 2. The van der Waals surface area contributed by atoms with Crippen LogP contribution in [-0.4, -0.2) is 0 Å². The Balaban J connectivity index is 3.17. The van der Waals surface area contributed by atoms with Gasteiger partial charge in [0.25, 0.3) is 0 Å². The summed E-state index contributed by atoms with van der Waals surface area (Å²) in [7, 11) is 0. The molecule has 0 aromatic rings. The topological polar surface area (TPSA) is 0 Å². The van der Waals surface area contributed by atoms with E-state index >= 15 is 0 Å². The van der Waals surface area contributed by atoms with Gasteiger partial charge in [0.05, 0.1) is 0 Å². The molecule has 0 aromatic carbocycles. The summed E-state index contributed by atoms with van der Waals surface area (Å²) in [6.45, 7) is 4.12. The van der Waals surface area contributed by atoms with Crippen LogP contribution < -0.4 is 0 Å². The molecule has 0 aliphatic carbocycles. The predicted octanol–water partition coefficient (Wildman–Crippen LogP) is 2.89. The summed E-state index contributed by atoms with van der Waals surface area (Å²) in [6, 6.07) is 0. The highest BCUT2D eigenvalue weighted by Gasteiger charge is 1.82. The first kappa shape index (κ1) is 6.96. The molecule has 0 spiro atoms. The first-order valence-electron chi connectivity index (χ1n) is 2.63. The van der Waals surface area contributed by atoms with Crippen molar-refractivity contribution in [2.45, 2.75) is 26.7 Å². The van der Waals surface area contributed by atoms with E-state index in [-0.39, 0.29) is 0 Å². The molecule has 1 heteroatoms. The maximum Gasteiger partial charge on any atom is 0.0109 e. The Labute approximate surface area is 51.0 Å². The molecule has 7 heavy (non-hydrogen) atoms. The Morgan fingerprint density at radius 3 is 2.43 bits per heavy atom. The average molecular weight is 115 g/mol. The average Bonchev–Trinajstić information content (AvgIpc) is 1.68. The monoisotopic (exact) mass is 115 g/mol. The summed E-state index contributed by atoms with van der Waals surface area (Å²) in [4.78, 5) is 1.09. The summed E-state index contributed by atoms with van der Waals surface area (Å²) in [5.41, 5.74) is 0. The molecule has 41 valence electrons. The molecule has 0 amide bonds. The lowest BCUT2D eigenvalue weighted by atomic mass is 10.3. The minimum Gasteiger partial charge on any atom is -0.0853 e. The molecule has 0 saturated heterocycles. The Morgan fingerprint density at radius 1 is 1.71 bits per heavy atom. The van der Waals surface area contributed by atoms with E-state index in [1.54, 1.807) is 0 Å². The van der Waals surface area contributed by atoms with E-state index in [1.807, 2.05) is 13.0 Å². The molecule has 0 N–H and O–H groups in total. The van der Waals surface area contributed by atoms with Gasteiger partial charge in [-0.15, -0.1) is 0 Å². The lowest BCUT2D eigenvalue weighted by molar-refractivity contribution is 0.947. The summed E-state index contributed by atoms with van der Waals surface area (Å²) in [5.74, 6) is 0. The Morgan fingerprint density at radius 2 is 2.29 bits per heavy atom. The maximum absolute atomic E-state index is 4.90. The number of hydrogen-bond acceptors (Lipinski definition) is 0. The second-order valence-electron chi connectivity index (χ2n) is 1.50. The SMILES string of the molecule is CC=C([S])CCC. The van der Waals surface area contributed by atoms with Gasteiger partial charge in [0.15, 0.2) is 0 Å². The van der Waals surface area contributed by atoms with Crippen molar-refractivity contribution in [1.29, 1.82) is 0 Å². The van der Waals surface area contributed by atoms with Crippen LogP contribution in [0.3, 0.4) is 0 Å². The molecule has 0 nitrogen and oxygen atoms in total. The van der Waals surface area contributed by atoms with Gasteiger partial charge in [-0.2, -0.15) is 0 Å². The summed E-state index contributed by atoms with van der Waals surface area (Å²) in [5, 5.41) is 0. The van der Waals surface area contributed by atoms with Crippen molar-refractivity contribution in [3.63, 3.8) is 0 Å². The fraction of sp³-hybridized carbons (Fsp3) is 0.667. The molecule has 1 radical (unpaired) electrons. The van der Waals surface area contributed by atoms with Gasteiger partial charge in [0.2, 0.25) is 0 Å². The molecular weight excluding hydrogens is 104 g/mol. The van der Waals surface area contributed by atoms with Crippen LogP contribution in [0.15, 0.2) is 11.0 Å². The second kappa shape index (κ2) is 4.13. The van der Waals surface area contributed by atoms with Gasteiger partial charge < -0.3 is 0 Å². The lowest BCUT2D eigenvalue weighted by Gasteiger charge is -1.88. The summed E-state index contributed by atoms with van der Waals surface area (Å²) >= 11 is 4.90. The Bertz CT molecular complexity index is 64.6. The first-order chi connectivity index (χ1) is 3.31. The second-order valence-corrected chi connectivity index (χ2v) is 2.03. The van der Waals surface area contributed by atoms with Crippen molar-refractivity contribution in [3.8, 4) is 0 Å². The molecule has 0 bridgehead atoms. The van der Waals surface area contributed by atoms with Crippen LogP contribution in [0.4, 0.5) is 0 Å². The van der Waals surface area contributed by atoms with Gasteiger partial charge in [0, 0.05) is 4.91 Å². The van der Waals surface area contributed by atoms with Crippen molar-refractivity contribution < 1.29 is 0 Å². The normalized spacial score (nSPS) is 12.0. The van der Waals surface area contributed by atoms with Crippen molar-refractivity contribution in [2.24, 2.45) is 0 Å². The van der Waals surface area contributed by atoms with Crippen LogP contribution >= 0.6 is 12.6 Å². The third-order valence-electron chi connectivity index (χ3n) is 0.818. The molecule has 0 aliphatic heterocycles. The Kier molecular flexibility index (Phi) is 4.10. The molecule has 0 rings (SSSR count). The van der Waals surface area contributed by atoms with Gasteiger partial charge in [-0.1, -0.05) is 32.0 Å². The van der Waals surface area contributed by atoms with Crippen LogP contribution in [-0.2, 0) is 0 Å². The van der Waals surface area contributed by atoms with Gasteiger partial charge in [-0.05, 0) is 13.3 Å². The van der Waals surface area contributed by atoms with E-state index in [9.17, 15) is 0 Å². The smallest absolute Gasteiger partial charge is 0.0109 e. The van der Waals surface area contributed by atoms with Crippen LogP contribution in [0.25, 0.3) is 0 Å². The van der Waals surface area contributed by atoms with E-state index < -0.39 is 0 Å². The van der Waals surface area contributed by atoms with Gasteiger partial charge in [0.1, 0.15) is 0 Å². The van der Waals surface area contributed by atoms with Crippen molar-refractivity contribution in [3.05, 3.63) is 11.0 Å². The predicted molar refractivity (Wildman–Crippen MR) is 36.3 cm³/mol. The van der Waals surface area contributed by atoms with Gasteiger partial charge in [-0.25, -0.2) is 0 Å². The molecule has 0 saturated carbocycles. The van der Waals surface area contributed by atoms with Crippen LogP contribution in [0.2, 0.25) is 0 Å². The fourth-order valence-electron chi connectivity index (χ4n) is 0.391. The fourth-order valence-corrected chi connectivity index (χ4v) is 0.595. The van der Waals surface area contributed by atoms with Crippen molar-refractivity contribution in [2.75, 3.05) is 0 Å². The molecule has 0 unspecified atom stereocenters. The summed E-state index contributed by atoms with van der Waals surface area (Å²) < 4.78 is 0. The highest BCUT2D eigenvalue weighted by Crippen LogP contribution is 2.06. The molecule has 0 aromatic heterocycles. The van der Waals surface area contributed by atoms with Gasteiger partial charge in [-0.3, -0.25) is 0 Å². The van der Waals surface area contributed by atoms with Crippen LogP contribution in [0.1, 0.15) is 26.7 Å². The van der Waals surface area contributed by atoms with Crippen molar-refractivity contribution >= 4 is 12.6 Å². The molecule has 0 atom stereocenters. The van der Waals surface area contributed by atoms with E-state index in [1.165, 1.54) is 6.42 Å². The van der Waals surface area contributed by atoms with E-state index in [0.29, 0.717) is 0 Å². The molecule has 0 fully saturated rings. The number of allylic oxidation sites excluding steroid dienone is 2. The zero-order chi connectivity index (χ0) is 5.70.